The zero-order chi connectivity index (χ0) is 12.5. The molecule has 0 atom stereocenters. The van der Waals surface area contributed by atoms with Gasteiger partial charge in [-0.25, -0.2) is 8.42 Å². The van der Waals surface area contributed by atoms with E-state index in [1.54, 1.807) is 12.1 Å². The average Bonchev–Trinajstić information content (AvgIpc) is 2.69. The first-order valence-electron chi connectivity index (χ1n) is 5.04. The highest BCUT2D eigenvalue weighted by atomic mass is 35.7. The van der Waals surface area contributed by atoms with Gasteiger partial charge in [-0.05, 0) is 24.6 Å². The quantitative estimate of drug-likeness (QED) is 0.808. The van der Waals surface area contributed by atoms with Crippen LogP contribution in [0.1, 0.15) is 16.0 Å². The van der Waals surface area contributed by atoms with E-state index >= 15 is 0 Å². The molecule has 1 aromatic heterocycles. The minimum Gasteiger partial charge on any atom is -0.206 e. The Morgan fingerprint density at radius 1 is 1.12 bits per heavy atom. The SMILES string of the molecule is Cc1ccc(Cc2ccc(S(=O)(=O)Cl)s2)cc1. The van der Waals surface area contributed by atoms with Gasteiger partial charge in [0.05, 0.1) is 0 Å². The van der Waals surface area contributed by atoms with Crippen molar-refractivity contribution in [3.8, 4) is 0 Å². The van der Waals surface area contributed by atoms with Crippen molar-refractivity contribution in [1.29, 1.82) is 0 Å². The first-order valence-corrected chi connectivity index (χ1v) is 8.17. The molecule has 0 N–H and O–H groups in total. The van der Waals surface area contributed by atoms with Crippen LogP contribution in [0.25, 0.3) is 0 Å². The van der Waals surface area contributed by atoms with Crippen molar-refractivity contribution in [3.63, 3.8) is 0 Å². The Morgan fingerprint density at radius 3 is 2.29 bits per heavy atom. The minimum atomic E-state index is -3.59. The number of benzene rings is 1. The minimum absolute atomic E-state index is 0.210. The molecule has 0 aliphatic heterocycles. The van der Waals surface area contributed by atoms with Crippen molar-refractivity contribution in [2.45, 2.75) is 17.6 Å². The summed E-state index contributed by atoms with van der Waals surface area (Å²) in [7, 11) is 1.69. The van der Waals surface area contributed by atoms with Crippen molar-refractivity contribution >= 4 is 31.1 Å². The van der Waals surface area contributed by atoms with Crippen molar-refractivity contribution in [3.05, 3.63) is 52.4 Å². The summed E-state index contributed by atoms with van der Waals surface area (Å²) in [6, 6.07) is 11.5. The molecule has 0 amide bonds. The van der Waals surface area contributed by atoms with Crippen LogP contribution in [0.4, 0.5) is 0 Å². The lowest BCUT2D eigenvalue weighted by molar-refractivity contribution is 0.611. The maximum Gasteiger partial charge on any atom is 0.270 e. The molecular formula is C12H11ClO2S2. The van der Waals surface area contributed by atoms with Gasteiger partial charge in [0.15, 0.2) is 0 Å². The van der Waals surface area contributed by atoms with E-state index in [-0.39, 0.29) is 4.21 Å². The Morgan fingerprint density at radius 2 is 1.76 bits per heavy atom. The summed E-state index contributed by atoms with van der Waals surface area (Å²) in [5.74, 6) is 0. The van der Waals surface area contributed by atoms with Crippen molar-refractivity contribution in [2.75, 3.05) is 0 Å². The van der Waals surface area contributed by atoms with Crippen LogP contribution < -0.4 is 0 Å². The molecule has 2 nitrogen and oxygen atoms in total. The zero-order valence-electron chi connectivity index (χ0n) is 9.18. The predicted molar refractivity (Wildman–Crippen MR) is 71.3 cm³/mol. The number of halogens is 1. The van der Waals surface area contributed by atoms with Crippen LogP contribution in [0.2, 0.25) is 0 Å². The fourth-order valence-electron chi connectivity index (χ4n) is 1.49. The molecule has 1 aromatic carbocycles. The van der Waals surface area contributed by atoms with Crippen LogP contribution in [-0.4, -0.2) is 8.42 Å². The predicted octanol–water partition coefficient (Wildman–Crippen LogP) is 3.57. The number of thiophene rings is 1. The van der Waals surface area contributed by atoms with E-state index in [0.717, 1.165) is 16.9 Å². The second-order valence-electron chi connectivity index (χ2n) is 3.82. The summed E-state index contributed by atoms with van der Waals surface area (Å²) in [5.41, 5.74) is 2.37. The van der Waals surface area contributed by atoms with Crippen molar-refractivity contribution in [1.82, 2.24) is 0 Å². The number of hydrogen-bond donors (Lipinski definition) is 0. The first kappa shape index (κ1) is 12.6. The molecule has 2 aromatic rings. The maximum absolute atomic E-state index is 11.1. The lowest BCUT2D eigenvalue weighted by Crippen LogP contribution is -1.85. The van der Waals surface area contributed by atoms with Gasteiger partial charge >= 0.3 is 0 Å². The second-order valence-corrected chi connectivity index (χ2v) is 7.78. The fraction of sp³-hybridized carbons (Fsp3) is 0.167. The van der Waals surface area contributed by atoms with Gasteiger partial charge in [-0.1, -0.05) is 29.8 Å². The lowest BCUT2D eigenvalue weighted by atomic mass is 10.1. The number of aryl methyl sites for hydroxylation is 1. The highest BCUT2D eigenvalue weighted by molar-refractivity contribution is 8.15. The van der Waals surface area contributed by atoms with E-state index in [1.807, 2.05) is 31.2 Å². The Kier molecular flexibility index (Phi) is 3.56. The van der Waals surface area contributed by atoms with Gasteiger partial charge < -0.3 is 0 Å². The zero-order valence-corrected chi connectivity index (χ0v) is 11.6. The molecular weight excluding hydrogens is 276 g/mol. The largest absolute Gasteiger partial charge is 0.270 e. The highest BCUT2D eigenvalue weighted by Crippen LogP contribution is 2.26. The van der Waals surface area contributed by atoms with Crippen LogP contribution in [0, 0.1) is 6.92 Å². The van der Waals surface area contributed by atoms with Crippen LogP contribution in [0.15, 0.2) is 40.6 Å². The third kappa shape index (κ3) is 3.31. The van der Waals surface area contributed by atoms with E-state index in [1.165, 1.54) is 16.9 Å². The normalized spacial score (nSPS) is 11.6. The Hall–Kier alpha value is -0.840. The van der Waals surface area contributed by atoms with Crippen LogP contribution in [0.3, 0.4) is 0 Å². The molecule has 0 bridgehead atoms. The van der Waals surface area contributed by atoms with E-state index in [2.05, 4.69) is 0 Å². The van der Waals surface area contributed by atoms with Gasteiger partial charge in [0.2, 0.25) is 0 Å². The molecule has 0 unspecified atom stereocenters. The highest BCUT2D eigenvalue weighted by Gasteiger charge is 2.13. The van der Waals surface area contributed by atoms with Gasteiger partial charge in [0.25, 0.3) is 9.05 Å². The molecule has 0 spiro atoms. The van der Waals surface area contributed by atoms with Gasteiger partial charge in [0.1, 0.15) is 4.21 Å². The van der Waals surface area contributed by atoms with E-state index in [0.29, 0.717) is 0 Å². The lowest BCUT2D eigenvalue weighted by Gasteiger charge is -1.99. The Labute approximate surface area is 109 Å². The number of hydrogen-bond acceptors (Lipinski definition) is 3. The summed E-state index contributed by atoms with van der Waals surface area (Å²) in [5, 5.41) is 0. The molecule has 5 heteroatoms. The molecule has 2 rings (SSSR count). The molecule has 1 heterocycles. The third-order valence-electron chi connectivity index (χ3n) is 2.38. The van der Waals surface area contributed by atoms with E-state index < -0.39 is 9.05 Å². The van der Waals surface area contributed by atoms with Crippen LogP contribution in [0.5, 0.6) is 0 Å². The molecule has 0 fully saturated rings. The standard InChI is InChI=1S/C12H11ClO2S2/c1-9-2-4-10(5-3-9)8-11-6-7-12(16-11)17(13,14)15/h2-7H,8H2,1H3. The van der Waals surface area contributed by atoms with Crippen molar-refractivity contribution < 1.29 is 8.42 Å². The monoisotopic (exact) mass is 286 g/mol. The smallest absolute Gasteiger partial charge is 0.206 e. The summed E-state index contributed by atoms with van der Waals surface area (Å²) in [4.78, 5) is 0.994. The molecule has 90 valence electrons. The number of rotatable bonds is 3. The average molecular weight is 287 g/mol. The van der Waals surface area contributed by atoms with Gasteiger partial charge in [-0.3, -0.25) is 0 Å². The molecule has 0 aliphatic carbocycles. The van der Waals surface area contributed by atoms with E-state index in [4.69, 9.17) is 10.7 Å². The summed E-state index contributed by atoms with van der Waals surface area (Å²) < 4.78 is 22.4. The van der Waals surface area contributed by atoms with Gasteiger partial charge in [-0.2, -0.15) is 0 Å². The molecule has 0 radical (unpaired) electrons. The Bertz CT molecular complexity index is 612. The van der Waals surface area contributed by atoms with Gasteiger partial charge in [0, 0.05) is 22.0 Å². The molecule has 0 saturated heterocycles. The molecule has 17 heavy (non-hydrogen) atoms. The maximum atomic E-state index is 11.1. The third-order valence-corrected chi connectivity index (χ3v) is 5.55. The van der Waals surface area contributed by atoms with Crippen LogP contribution >= 0.6 is 22.0 Å². The summed E-state index contributed by atoms with van der Waals surface area (Å²) in [6.07, 6.45) is 0.733. The Balaban J connectivity index is 2.20. The van der Waals surface area contributed by atoms with Crippen LogP contribution in [-0.2, 0) is 15.5 Å². The summed E-state index contributed by atoms with van der Waals surface area (Å²) in [6.45, 7) is 2.03. The fourth-order valence-corrected chi connectivity index (χ4v) is 3.65. The summed E-state index contributed by atoms with van der Waals surface area (Å²) >= 11 is 1.22. The second kappa shape index (κ2) is 4.80. The van der Waals surface area contributed by atoms with E-state index in [9.17, 15) is 8.42 Å². The molecule has 0 aliphatic rings. The molecule has 0 saturated carbocycles. The van der Waals surface area contributed by atoms with Gasteiger partial charge in [-0.15, -0.1) is 11.3 Å². The topological polar surface area (TPSA) is 34.1 Å². The first-order chi connectivity index (χ1) is 7.95. The van der Waals surface area contributed by atoms with Crippen molar-refractivity contribution in [2.24, 2.45) is 0 Å².